The number of amides is 1. The molecule has 1 aliphatic heterocycles. The van der Waals surface area contributed by atoms with Crippen molar-refractivity contribution in [3.63, 3.8) is 0 Å². The van der Waals surface area contributed by atoms with E-state index >= 15 is 0 Å². The Morgan fingerprint density at radius 1 is 1.36 bits per heavy atom. The molecule has 74 valence electrons. The number of carbonyl (C=O) groups is 1. The van der Waals surface area contributed by atoms with Crippen molar-refractivity contribution in [3.05, 3.63) is 33.4 Å². The van der Waals surface area contributed by atoms with Crippen LogP contribution in [0.15, 0.2) is 24.3 Å². The number of halogens is 1. The lowest BCUT2D eigenvalue weighted by molar-refractivity contribution is 0.0608. The average Bonchev–Trinajstić information content (AvgIpc) is 2.13. The minimum absolute atomic E-state index is 0.0862. The van der Waals surface area contributed by atoms with Crippen LogP contribution < -0.4 is 5.73 Å². The monoisotopic (exact) mass is 302 g/mol. The summed E-state index contributed by atoms with van der Waals surface area (Å²) < 4.78 is 1.14. The molecule has 0 radical (unpaired) electrons. The molecule has 1 fully saturated rings. The molecule has 0 unspecified atom stereocenters. The van der Waals surface area contributed by atoms with Gasteiger partial charge >= 0.3 is 0 Å². The van der Waals surface area contributed by atoms with Crippen molar-refractivity contribution >= 4 is 28.5 Å². The predicted molar refractivity (Wildman–Crippen MR) is 63.0 cm³/mol. The highest BCUT2D eigenvalue weighted by Crippen LogP contribution is 2.13. The van der Waals surface area contributed by atoms with Crippen LogP contribution >= 0.6 is 22.6 Å². The Kier molecular flexibility index (Phi) is 2.73. The molecule has 0 atom stereocenters. The van der Waals surface area contributed by atoms with Gasteiger partial charge in [0.25, 0.3) is 5.91 Å². The normalized spacial score (nSPS) is 16.6. The molecular weight excluding hydrogens is 291 g/mol. The molecule has 1 heterocycles. The van der Waals surface area contributed by atoms with Gasteiger partial charge in [0.15, 0.2) is 0 Å². The summed E-state index contributed by atoms with van der Waals surface area (Å²) in [5.74, 6) is 0.0862. The van der Waals surface area contributed by atoms with E-state index in [1.165, 1.54) is 0 Å². The van der Waals surface area contributed by atoms with Gasteiger partial charge in [-0.05, 0) is 46.9 Å². The van der Waals surface area contributed by atoms with Crippen LogP contribution in [0.2, 0.25) is 0 Å². The van der Waals surface area contributed by atoms with Gasteiger partial charge in [-0.1, -0.05) is 0 Å². The first kappa shape index (κ1) is 9.92. The highest BCUT2D eigenvalue weighted by atomic mass is 127. The van der Waals surface area contributed by atoms with E-state index in [1.807, 2.05) is 24.3 Å². The van der Waals surface area contributed by atoms with Crippen molar-refractivity contribution in [2.45, 2.75) is 6.04 Å². The Morgan fingerprint density at radius 3 is 2.43 bits per heavy atom. The highest BCUT2D eigenvalue weighted by molar-refractivity contribution is 14.1. The van der Waals surface area contributed by atoms with Crippen LogP contribution in [0.1, 0.15) is 10.4 Å². The fraction of sp³-hybridized carbons (Fsp3) is 0.300. The molecule has 1 saturated heterocycles. The standard InChI is InChI=1S/C10H11IN2O/c11-8-3-1-7(2-4-8)10(14)13-5-9(12)6-13/h1-4,9H,5-6,12H2. The Hall–Kier alpha value is -0.620. The van der Waals surface area contributed by atoms with Gasteiger partial charge in [0, 0.05) is 28.3 Å². The van der Waals surface area contributed by atoms with Gasteiger partial charge in [-0.15, -0.1) is 0 Å². The second kappa shape index (κ2) is 3.86. The van der Waals surface area contributed by atoms with Gasteiger partial charge in [0.05, 0.1) is 0 Å². The zero-order chi connectivity index (χ0) is 10.1. The van der Waals surface area contributed by atoms with Crippen LogP contribution in [0.25, 0.3) is 0 Å². The third-order valence-electron chi connectivity index (χ3n) is 2.29. The number of likely N-dealkylation sites (tertiary alicyclic amines) is 1. The first-order chi connectivity index (χ1) is 6.66. The number of hydrogen-bond donors (Lipinski definition) is 1. The van der Waals surface area contributed by atoms with Crippen molar-refractivity contribution in [3.8, 4) is 0 Å². The van der Waals surface area contributed by atoms with E-state index in [4.69, 9.17) is 5.73 Å². The molecule has 2 rings (SSSR count). The van der Waals surface area contributed by atoms with E-state index in [1.54, 1.807) is 4.90 Å². The maximum atomic E-state index is 11.8. The Bertz CT molecular complexity index is 344. The molecule has 1 aromatic rings. The molecular formula is C10H11IN2O. The fourth-order valence-corrected chi connectivity index (χ4v) is 1.81. The van der Waals surface area contributed by atoms with E-state index < -0.39 is 0 Å². The van der Waals surface area contributed by atoms with Crippen LogP contribution in [0.5, 0.6) is 0 Å². The summed E-state index contributed by atoms with van der Waals surface area (Å²) in [5, 5.41) is 0. The smallest absolute Gasteiger partial charge is 0.253 e. The molecule has 0 spiro atoms. The number of carbonyl (C=O) groups excluding carboxylic acids is 1. The number of rotatable bonds is 1. The van der Waals surface area contributed by atoms with Gasteiger partial charge in [-0.2, -0.15) is 0 Å². The predicted octanol–water partition coefficient (Wildman–Crippen LogP) is 1.07. The van der Waals surface area contributed by atoms with E-state index in [2.05, 4.69) is 22.6 Å². The molecule has 3 nitrogen and oxygen atoms in total. The SMILES string of the molecule is NC1CN(C(=O)c2ccc(I)cc2)C1. The maximum Gasteiger partial charge on any atom is 0.253 e. The number of nitrogens with zero attached hydrogens (tertiary/aromatic N) is 1. The van der Waals surface area contributed by atoms with Crippen molar-refractivity contribution in [2.75, 3.05) is 13.1 Å². The summed E-state index contributed by atoms with van der Waals surface area (Å²) in [7, 11) is 0. The molecule has 0 saturated carbocycles. The number of hydrogen-bond acceptors (Lipinski definition) is 2. The second-order valence-electron chi connectivity index (χ2n) is 3.48. The van der Waals surface area contributed by atoms with Gasteiger partial charge < -0.3 is 10.6 Å². The highest BCUT2D eigenvalue weighted by Gasteiger charge is 2.27. The van der Waals surface area contributed by atoms with E-state index in [0.29, 0.717) is 13.1 Å². The first-order valence-electron chi connectivity index (χ1n) is 4.47. The zero-order valence-corrected chi connectivity index (χ0v) is 9.77. The lowest BCUT2D eigenvalue weighted by Crippen LogP contribution is -2.57. The van der Waals surface area contributed by atoms with Crippen LogP contribution in [0.4, 0.5) is 0 Å². The first-order valence-corrected chi connectivity index (χ1v) is 5.55. The van der Waals surface area contributed by atoms with Crippen molar-refractivity contribution < 1.29 is 4.79 Å². The van der Waals surface area contributed by atoms with Gasteiger partial charge in [0.1, 0.15) is 0 Å². The summed E-state index contributed by atoms with van der Waals surface area (Å²) in [5.41, 5.74) is 6.36. The zero-order valence-electron chi connectivity index (χ0n) is 7.61. The van der Waals surface area contributed by atoms with E-state index in [-0.39, 0.29) is 11.9 Å². The number of nitrogens with two attached hydrogens (primary N) is 1. The van der Waals surface area contributed by atoms with Gasteiger partial charge in [-0.25, -0.2) is 0 Å². The quantitative estimate of drug-likeness (QED) is 0.789. The van der Waals surface area contributed by atoms with Crippen LogP contribution in [-0.4, -0.2) is 29.9 Å². The molecule has 4 heteroatoms. The Labute approximate surface area is 96.4 Å². The lowest BCUT2D eigenvalue weighted by Gasteiger charge is -2.36. The summed E-state index contributed by atoms with van der Waals surface area (Å²) in [6.45, 7) is 1.37. The summed E-state index contributed by atoms with van der Waals surface area (Å²) in [6, 6.07) is 7.76. The van der Waals surface area contributed by atoms with Crippen LogP contribution in [-0.2, 0) is 0 Å². The topological polar surface area (TPSA) is 46.3 Å². The molecule has 1 aromatic carbocycles. The van der Waals surface area contributed by atoms with Crippen LogP contribution in [0.3, 0.4) is 0 Å². The molecule has 1 amide bonds. The van der Waals surface area contributed by atoms with Crippen molar-refractivity contribution in [1.29, 1.82) is 0 Å². The lowest BCUT2D eigenvalue weighted by atomic mass is 10.1. The van der Waals surface area contributed by atoms with Crippen molar-refractivity contribution in [1.82, 2.24) is 4.90 Å². The third-order valence-corrected chi connectivity index (χ3v) is 3.01. The van der Waals surface area contributed by atoms with E-state index in [9.17, 15) is 4.79 Å². The third kappa shape index (κ3) is 1.90. The summed E-state index contributed by atoms with van der Waals surface area (Å²) in [6.07, 6.45) is 0. The largest absolute Gasteiger partial charge is 0.335 e. The van der Waals surface area contributed by atoms with Gasteiger partial charge in [0.2, 0.25) is 0 Å². The molecule has 0 aliphatic carbocycles. The summed E-state index contributed by atoms with van der Waals surface area (Å²) >= 11 is 2.22. The second-order valence-corrected chi connectivity index (χ2v) is 4.72. The molecule has 0 bridgehead atoms. The Balaban J connectivity index is 2.08. The molecule has 14 heavy (non-hydrogen) atoms. The molecule has 2 N–H and O–H groups in total. The number of benzene rings is 1. The van der Waals surface area contributed by atoms with Crippen LogP contribution in [0, 0.1) is 3.57 Å². The van der Waals surface area contributed by atoms with Crippen molar-refractivity contribution in [2.24, 2.45) is 5.73 Å². The average molecular weight is 302 g/mol. The minimum Gasteiger partial charge on any atom is -0.335 e. The molecule has 1 aliphatic rings. The maximum absolute atomic E-state index is 11.8. The molecule has 0 aromatic heterocycles. The summed E-state index contributed by atoms with van der Waals surface area (Å²) in [4.78, 5) is 13.5. The van der Waals surface area contributed by atoms with E-state index in [0.717, 1.165) is 9.13 Å². The fourth-order valence-electron chi connectivity index (χ4n) is 1.45. The van der Waals surface area contributed by atoms with Gasteiger partial charge in [-0.3, -0.25) is 4.79 Å². The minimum atomic E-state index is 0.0862. The Morgan fingerprint density at radius 2 is 1.93 bits per heavy atom.